The van der Waals surface area contributed by atoms with Crippen molar-refractivity contribution in [2.24, 2.45) is 0 Å². The number of aliphatic hydroxyl groups excluding tert-OH is 1. The van der Waals surface area contributed by atoms with Gasteiger partial charge < -0.3 is 14.9 Å². The van der Waals surface area contributed by atoms with Gasteiger partial charge in [0, 0.05) is 23.9 Å². The van der Waals surface area contributed by atoms with Crippen molar-refractivity contribution < 1.29 is 14.0 Å². The highest BCUT2D eigenvalue weighted by molar-refractivity contribution is 5.61. The van der Waals surface area contributed by atoms with E-state index in [9.17, 15) is 4.39 Å². The van der Waals surface area contributed by atoms with Crippen molar-refractivity contribution in [3.8, 4) is 11.3 Å². The molecule has 1 heterocycles. The number of benzene rings is 1. The first-order chi connectivity index (χ1) is 8.29. The number of hydrogen-bond donors (Lipinski definition) is 2. The lowest BCUT2D eigenvalue weighted by atomic mass is 10.1. The first-order valence-electron chi connectivity index (χ1n) is 5.28. The third kappa shape index (κ3) is 3.04. The Morgan fingerprint density at radius 3 is 2.65 bits per heavy atom. The molecule has 0 saturated carbocycles. The van der Waals surface area contributed by atoms with Gasteiger partial charge in [-0.05, 0) is 12.1 Å². The molecule has 0 aliphatic heterocycles. The van der Waals surface area contributed by atoms with Gasteiger partial charge in [-0.3, -0.25) is 0 Å². The number of nitrogens with one attached hydrogen (secondary N) is 1. The van der Waals surface area contributed by atoms with Gasteiger partial charge >= 0.3 is 0 Å². The van der Waals surface area contributed by atoms with Crippen molar-refractivity contribution in [1.82, 2.24) is 5.16 Å². The Hall–Kier alpha value is -1.88. The molecule has 0 spiro atoms. The zero-order valence-electron chi connectivity index (χ0n) is 9.14. The van der Waals surface area contributed by atoms with Crippen LogP contribution >= 0.6 is 0 Å². The maximum atomic E-state index is 12.0. The van der Waals surface area contributed by atoms with Crippen molar-refractivity contribution in [1.29, 1.82) is 0 Å². The minimum absolute atomic E-state index is 0.194. The number of hydrogen-bond acceptors (Lipinski definition) is 4. The molecule has 0 aliphatic carbocycles. The largest absolute Gasteiger partial charge is 0.389 e. The SMILES string of the molecule is OC(CF)CNc1ccc(-c2ccon2)cc1. The molecule has 17 heavy (non-hydrogen) atoms. The fourth-order valence-electron chi connectivity index (χ4n) is 1.41. The predicted molar refractivity (Wildman–Crippen MR) is 62.4 cm³/mol. The summed E-state index contributed by atoms with van der Waals surface area (Å²) in [4.78, 5) is 0. The predicted octanol–water partition coefficient (Wildman–Crippen LogP) is 2.08. The zero-order chi connectivity index (χ0) is 12.1. The van der Waals surface area contributed by atoms with E-state index in [0.717, 1.165) is 16.9 Å². The molecule has 1 atom stereocenters. The number of anilines is 1. The summed E-state index contributed by atoms with van der Waals surface area (Å²) >= 11 is 0. The topological polar surface area (TPSA) is 58.3 Å². The Morgan fingerprint density at radius 2 is 2.06 bits per heavy atom. The first kappa shape index (κ1) is 11.6. The Kier molecular flexibility index (Phi) is 3.72. The molecule has 1 aromatic carbocycles. The van der Waals surface area contributed by atoms with Gasteiger partial charge in [-0.2, -0.15) is 0 Å². The van der Waals surface area contributed by atoms with E-state index < -0.39 is 12.8 Å². The summed E-state index contributed by atoms with van der Waals surface area (Å²) in [6.45, 7) is -0.552. The van der Waals surface area contributed by atoms with Crippen LogP contribution in [0.1, 0.15) is 0 Å². The summed E-state index contributed by atoms with van der Waals surface area (Å²) in [6.07, 6.45) is 0.546. The smallest absolute Gasteiger partial charge is 0.124 e. The quantitative estimate of drug-likeness (QED) is 0.834. The maximum absolute atomic E-state index is 12.0. The second kappa shape index (κ2) is 5.45. The number of halogens is 1. The molecule has 0 amide bonds. The van der Waals surface area contributed by atoms with Gasteiger partial charge in [-0.15, -0.1) is 0 Å². The summed E-state index contributed by atoms with van der Waals surface area (Å²) in [5.74, 6) is 0. The molecule has 1 unspecified atom stereocenters. The fourth-order valence-corrected chi connectivity index (χ4v) is 1.41. The molecule has 0 bridgehead atoms. The number of aliphatic hydroxyl groups is 1. The van der Waals surface area contributed by atoms with Crippen molar-refractivity contribution >= 4 is 5.69 Å². The molecule has 0 radical (unpaired) electrons. The molecular weight excluding hydrogens is 223 g/mol. The van der Waals surface area contributed by atoms with Crippen LogP contribution in [0.4, 0.5) is 10.1 Å². The molecule has 2 aromatic rings. The highest BCUT2D eigenvalue weighted by Gasteiger charge is 2.03. The third-order valence-corrected chi connectivity index (χ3v) is 2.34. The number of alkyl halides is 1. The number of nitrogens with zero attached hydrogens (tertiary/aromatic N) is 1. The van der Waals surface area contributed by atoms with Gasteiger partial charge in [-0.1, -0.05) is 17.3 Å². The van der Waals surface area contributed by atoms with E-state index in [1.54, 1.807) is 6.07 Å². The van der Waals surface area contributed by atoms with Gasteiger partial charge in [0.1, 0.15) is 18.6 Å². The lowest BCUT2D eigenvalue weighted by molar-refractivity contribution is 0.151. The van der Waals surface area contributed by atoms with Crippen LogP contribution in [0.25, 0.3) is 11.3 Å². The standard InChI is InChI=1S/C12H13FN2O2/c13-7-11(16)8-14-10-3-1-9(2-4-10)12-5-6-17-15-12/h1-6,11,14,16H,7-8H2. The van der Waals surface area contributed by atoms with Crippen molar-refractivity contribution in [3.63, 3.8) is 0 Å². The van der Waals surface area contributed by atoms with Gasteiger partial charge in [0.05, 0.1) is 6.10 Å². The average Bonchev–Trinajstić information content (AvgIpc) is 2.90. The van der Waals surface area contributed by atoms with Crippen LogP contribution in [0.3, 0.4) is 0 Å². The second-order valence-corrected chi connectivity index (χ2v) is 3.65. The van der Waals surface area contributed by atoms with Crippen LogP contribution in [0, 0.1) is 0 Å². The minimum Gasteiger partial charge on any atom is -0.389 e. The highest BCUT2D eigenvalue weighted by Crippen LogP contribution is 2.19. The van der Waals surface area contributed by atoms with E-state index in [1.807, 2.05) is 24.3 Å². The van der Waals surface area contributed by atoms with E-state index in [-0.39, 0.29) is 6.54 Å². The maximum Gasteiger partial charge on any atom is 0.124 e. The molecule has 5 heteroatoms. The lowest BCUT2D eigenvalue weighted by Gasteiger charge is -2.09. The third-order valence-electron chi connectivity index (χ3n) is 2.34. The monoisotopic (exact) mass is 236 g/mol. The van der Waals surface area contributed by atoms with Crippen molar-refractivity contribution in [3.05, 3.63) is 36.6 Å². The Bertz CT molecular complexity index is 442. The van der Waals surface area contributed by atoms with Gasteiger partial charge in [0.25, 0.3) is 0 Å². The van der Waals surface area contributed by atoms with E-state index in [4.69, 9.17) is 9.63 Å². The Morgan fingerprint density at radius 1 is 1.29 bits per heavy atom. The van der Waals surface area contributed by atoms with Crippen LogP contribution in [0.2, 0.25) is 0 Å². The van der Waals surface area contributed by atoms with Gasteiger partial charge in [0.15, 0.2) is 0 Å². The molecule has 2 rings (SSSR count). The lowest BCUT2D eigenvalue weighted by Crippen LogP contribution is -2.21. The van der Waals surface area contributed by atoms with Crippen LogP contribution in [0.15, 0.2) is 41.1 Å². The second-order valence-electron chi connectivity index (χ2n) is 3.65. The summed E-state index contributed by atoms with van der Waals surface area (Å²) in [7, 11) is 0. The molecule has 2 N–H and O–H groups in total. The normalized spacial score (nSPS) is 12.4. The number of aromatic nitrogens is 1. The molecule has 4 nitrogen and oxygen atoms in total. The van der Waals surface area contributed by atoms with E-state index in [1.165, 1.54) is 6.26 Å². The van der Waals surface area contributed by atoms with Crippen LogP contribution in [-0.2, 0) is 0 Å². The Balaban J connectivity index is 1.99. The summed E-state index contributed by atoms with van der Waals surface area (Å²) < 4.78 is 16.8. The van der Waals surface area contributed by atoms with Crippen molar-refractivity contribution in [2.45, 2.75) is 6.10 Å². The van der Waals surface area contributed by atoms with Gasteiger partial charge in [0.2, 0.25) is 0 Å². The molecular formula is C12H13FN2O2. The van der Waals surface area contributed by atoms with Crippen molar-refractivity contribution in [2.75, 3.05) is 18.5 Å². The Labute approximate surface area is 98.1 Å². The minimum atomic E-state index is -0.967. The van der Waals surface area contributed by atoms with Crippen LogP contribution < -0.4 is 5.32 Å². The molecule has 0 saturated heterocycles. The van der Waals surface area contributed by atoms with Crippen LogP contribution in [0.5, 0.6) is 0 Å². The molecule has 90 valence electrons. The fraction of sp³-hybridized carbons (Fsp3) is 0.250. The average molecular weight is 236 g/mol. The van der Waals surface area contributed by atoms with E-state index in [2.05, 4.69) is 10.5 Å². The van der Waals surface area contributed by atoms with E-state index in [0.29, 0.717) is 0 Å². The summed E-state index contributed by atoms with van der Waals surface area (Å²) in [6, 6.07) is 9.21. The summed E-state index contributed by atoms with van der Waals surface area (Å²) in [5.41, 5.74) is 2.53. The number of rotatable bonds is 5. The molecule has 0 fully saturated rings. The summed E-state index contributed by atoms with van der Waals surface area (Å²) in [5, 5.41) is 15.8. The van der Waals surface area contributed by atoms with E-state index >= 15 is 0 Å². The molecule has 0 aliphatic rings. The first-order valence-corrected chi connectivity index (χ1v) is 5.28. The highest BCUT2D eigenvalue weighted by atomic mass is 19.1. The molecule has 1 aromatic heterocycles. The van der Waals surface area contributed by atoms with Gasteiger partial charge in [-0.25, -0.2) is 4.39 Å². The zero-order valence-corrected chi connectivity index (χ0v) is 9.14. The van der Waals surface area contributed by atoms with Crippen LogP contribution in [-0.4, -0.2) is 29.6 Å².